The zero-order valence-corrected chi connectivity index (χ0v) is 15.1. The van der Waals surface area contributed by atoms with Gasteiger partial charge in [-0.1, -0.05) is 5.16 Å². The normalized spacial score (nSPS) is 13.9. The smallest absolute Gasteiger partial charge is 0.257 e. The lowest BCUT2D eigenvalue weighted by atomic mass is 10.1. The fourth-order valence-corrected chi connectivity index (χ4v) is 3.14. The van der Waals surface area contributed by atoms with E-state index in [0.29, 0.717) is 23.2 Å². The molecule has 0 spiro atoms. The van der Waals surface area contributed by atoms with Gasteiger partial charge in [-0.05, 0) is 49.9 Å². The molecule has 1 amide bonds. The number of ether oxygens (including phenoxy) is 1. The first kappa shape index (κ1) is 17.1. The molecule has 1 aliphatic carbocycles. The average molecular weight is 365 g/mol. The molecule has 0 fully saturated rings. The Morgan fingerprint density at radius 2 is 2.07 bits per heavy atom. The van der Waals surface area contributed by atoms with Crippen molar-refractivity contribution >= 4 is 5.91 Å². The van der Waals surface area contributed by atoms with Crippen molar-refractivity contribution in [2.45, 2.75) is 32.2 Å². The predicted molar refractivity (Wildman–Crippen MR) is 96.2 cm³/mol. The molecule has 3 heterocycles. The molecule has 0 radical (unpaired) electrons. The van der Waals surface area contributed by atoms with Crippen LogP contribution in [0.2, 0.25) is 0 Å². The van der Waals surface area contributed by atoms with Crippen LogP contribution in [0.4, 0.5) is 0 Å². The minimum Gasteiger partial charge on any atom is -0.480 e. The lowest BCUT2D eigenvalue weighted by molar-refractivity contribution is 0.0928. The summed E-state index contributed by atoms with van der Waals surface area (Å²) in [6.07, 6.45) is 6.21. The maximum Gasteiger partial charge on any atom is 0.257 e. The molecule has 4 rings (SSSR count). The molecule has 27 heavy (non-hydrogen) atoms. The van der Waals surface area contributed by atoms with E-state index >= 15 is 0 Å². The summed E-state index contributed by atoms with van der Waals surface area (Å²) in [6, 6.07) is 4.99. The Bertz CT molecular complexity index is 971. The Kier molecular flexibility index (Phi) is 4.53. The van der Waals surface area contributed by atoms with Crippen molar-refractivity contribution in [3.63, 3.8) is 0 Å². The van der Waals surface area contributed by atoms with Gasteiger partial charge in [0, 0.05) is 23.7 Å². The summed E-state index contributed by atoms with van der Waals surface area (Å²) in [4.78, 5) is 25.6. The van der Waals surface area contributed by atoms with Crippen LogP contribution in [0.1, 0.15) is 46.9 Å². The zero-order valence-electron chi connectivity index (χ0n) is 15.1. The molecular formula is C19H19N5O3. The number of aryl methyl sites for hydroxylation is 2. The van der Waals surface area contributed by atoms with Gasteiger partial charge in [0.05, 0.1) is 7.11 Å². The number of hydrogen-bond acceptors (Lipinski definition) is 7. The van der Waals surface area contributed by atoms with Crippen molar-refractivity contribution in [2.24, 2.45) is 0 Å². The molecule has 1 aliphatic rings. The summed E-state index contributed by atoms with van der Waals surface area (Å²) in [5.74, 6) is 0.821. The van der Waals surface area contributed by atoms with E-state index in [-0.39, 0.29) is 5.91 Å². The Morgan fingerprint density at radius 3 is 2.85 bits per heavy atom. The summed E-state index contributed by atoms with van der Waals surface area (Å²) in [7, 11) is 1.52. The fourth-order valence-electron chi connectivity index (χ4n) is 3.14. The van der Waals surface area contributed by atoms with Gasteiger partial charge < -0.3 is 14.6 Å². The third-order valence-corrected chi connectivity index (χ3v) is 4.55. The highest BCUT2D eigenvalue weighted by molar-refractivity contribution is 5.96. The van der Waals surface area contributed by atoms with Gasteiger partial charge in [-0.15, -0.1) is 0 Å². The van der Waals surface area contributed by atoms with Crippen molar-refractivity contribution in [1.29, 1.82) is 0 Å². The molecule has 0 unspecified atom stereocenters. The maximum absolute atomic E-state index is 12.8. The van der Waals surface area contributed by atoms with E-state index in [0.717, 1.165) is 36.1 Å². The number of fused-ring (bicyclic) bond motifs is 1. The number of methoxy groups -OCH3 is 1. The molecule has 0 saturated heterocycles. The van der Waals surface area contributed by atoms with E-state index in [1.54, 1.807) is 31.5 Å². The number of rotatable bonds is 5. The molecule has 3 aromatic heterocycles. The highest BCUT2D eigenvalue weighted by Gasteiger charge is 2.24. The van der Waals surface area contributed by atoms with Crippen LogP contribution in [0.5, 0.6) is 5.88 Å². The van der Waals surface area contributed by atoms with Crippen molar-refractivity contribution in [3.8, 4) is 17.3 Å². The van der Waals surface area contributed by atoms with Crippen molar-refractivity contribution in [3.05, 3.63) is 53.3 Å². The third-order valence-electron chi connectivity index (χ3n) is 4.55. The van der Waals surface area contributed by atoms with Gasteiger partial charge in [0.1, 0.15) is 11.6 Å². The minimum absolute atomic E-state index is 0.287. The second kappa shape index (κ2) is 7.14. The molecule has 0 aromatic carbocycles. The summed E-state index contributed by atoms with van der Waals surface area (Å²) in [5.41, 5.74) is 3.32. The molecule has 3 aromatic rings. The summed E-state index contributed by atoms with van der Waals surface area (Å²) < 4.78 is 10.6. The van der Waals surface area contributed by atoms with E-state index < -0.39 is 6.04 Å². The lowest BCUT2D eigenvalue weighted by Gasteiger charge is -2.13. The first-order valence-corrected chi connectivity index (χ1v) is 8.77. The summed E-state index contributed by atoms with van der Waals surface area (Å²) in [6.45, 7) is 1.79. The lowest BCUT2D eigenvalue weighted by Crippen LogP contribution is -2.27. The second-order valence-electron chi connectivity index (χ2n) is 6.39. The Labute approximate surface area is 156 Å². The van der Waals surface area contributed by atoms with E-state index in [4.69, 9.17) is 9.26 Å². The van der Waals surface area contributed by atoms with Crippen LogP contribution in [-0.2, 0) is 12.8 Å². The van der Waals surface area contributed by atoms with Crippen LogP contribution >= 0.6 is 0 Å². The topological polar surface area (TPSA) is 103 Å². The molecule has 1 atom stereocenters. The number of carbonyl (C=O) groups excluding carboxylic acids is 1. The quantitative estimate of drug-likeness (QED) is 0.741. The standard InChI is InChI=1S/C19H19N5O3/c1-11(18-23-16(24-27-18)12-6-8-20-9-7-12)21-17(25)14-10-13-4-3-5-15(13)22-19(14)26-2/h6-11H,3-5H2,1-2H3,(H,21,25)/t11-/m1/s1. The van der Waals surface area contributed by atoms with E-state index in [1.165, 1.54) is 7.11 Å². The van der Waals surface area contributed by atoms with Crippen LogP contribution in [0.15, 0.2) is 35.1 Å². The van der Waals surface area contributed by atoms with Gasteiger partial charge in [0.25, 0.3) is 5.91 Å². The molecule has 8 heteroatoms. The van der Waals surface area contributed by atoms with Crippen LogP contribution in [0.3, 0.4) is 0 Å². The number of pyridine rings is 2. The van der Waals surface area contributed by atoms with Gasteiger partial charge in [0.2, 0.25) is 17.6 Å². The van der Waals surface area contributed by atoms with Gasteiger partial charge in [-0.2, -0.15) is 4.98 Å². The number of nitrogens with zero attached hydrogens (tertiary/aromatic N) is 4. The van der Waals surface area contributed by atoms with Gasteiger partial charge >= 0.3 is 0 Å². The van der Waals surface area contributed by atoms with Crippen LogP contribution in [0, 0.1) is 0 Å². The number of carbonyl (C=O) groups is 1. The molecule has 0 bridgehead atoms. The van der Waals surface area contributed by atoms with Gasteiger partial charge in [0.15, 0.2) is 0 Å². The third kappa shape index (κ3) is 3.38. The van der Waals surface area contributed by atoms with Crippen molar-refractivity contribution < 1.29 is 14.1 Å². The minimum atomic E-state index is -0.460. The zero-order chi connectivity index (χ0) is 18.8. The van der Waals surface area contributed by atoms with Crippen LogP contribution < -0.4 is 10.1 Å². The maximum atomic E-state index is 12.8. The number of hydrogen-bond donors (Lipinski definition) is 1. The largest absolute Gasteiger partial charge is 0.480 e. The average Bonchev–Trinajstić information content (AvgIpc) is 3.36. The number of nitrogens with one attached hydrogen (secondary N) is 1. The molecule has 0 saturated carbocycles. The van der Waals surface area contributed by atoms with Gasteiger partial charge in [-0.25, -0.2) is 4.98 Å². The van der Waals surface area contributed by atoms with E-state index in [2.05, 4.69) is 25.4 Å². The van der Waals surface area contributed by atoms with E-state index in [9.17, 15) is 4.79 Å². The van der Waals surface area contributed by atoms with Crippen LogP contribution in [0.25, 0.3) is 11.4 Å². The van der Waals surface area contributed by atoms with Crippen molar-refractivity contribution in [2.75, 3.05) is 7.11 Å². The Balaban J connectivity index is 1.53. The molecule has 0 aliphatic heterocycles. The Hall–Kier alpha value is -3.29. The van der Waals surface area contributed by atoms with Gasteiger partial charge in [-0.3, -0.25) is 9.78 Å². The molecule has 138 valence electrons. The first-order valence-electron chi connectivity index (χ1n) is 8.77. The molecule has 1 N–H and O–H groups in total. The highest BCUT2D eigenvalue weighted by Crippen LogP contribution is 2.27. The first-order chi connectivity index (χ1) is 13.2. The summed E-state index contributed by atoms with van der Waals surface area (Å²) in [5, 5.41) is 6.84. The van der Waals surface area contributed by atoms with Crippen LogP contribution in [-0.4, -0.2) is 33.1 Å². The predicted octanol–water partition coefficient (Wildman–Crippen LogP) is 2.51. The van der Waals surface area contributed by atoms with E-state index in [1.807, 2.05) is 6.07 Å². The monoisotopic (exact) mass is 365 g/mol. The second-order valence-corrected chi connectivity index (χ2v) is 6.39. The SMILES string of the molecule is COc1nc2c(cc1C(=O)N[C@H](C)c1nc(-c3ccncc3)no1)CCC2. The summed E-state index contributed by atoms with van der Waals surface area (Å²) >= 11 is 0. The molecule has 8 nitrogen and oxygen atoms in total. The number of aromatic nitrogens is 4. The Morgan fingerprint density at radius 1 is 1.26 bits per heavy atom. The number of amides is 1. The highest BCUT2D eigenvalue weighted by atomic mass is 16.5. The molecular weight excluding hydrogens is 346 g/mol. The van der Waals surface area contributed by atoms with Crippen molar-refractivity contribution in [1.82, 2.24) is 25.4 Å². The fraction of sp³-hybridized carbons (Fsp3) is 0.316.